The summed E-state index contributed by atoms with van der Waals surface area (Å²) < 4.78 is 38.8. The molecule has 0 amide bonds. The number of rotatable bonds is 3. The van der Waals surface area contributed by atoms with Gasteiger partial charge in [-0.05, 0) is 11.5 Å². The number of hydrogen-bond acceptors (Lipinski definition) is 3. The Hall–Kier alpha value is -1.62. The molecule has 0 radical (unpaired) electrons. The molecule has 5 heteroatoms. The van der Waals surface area contributed by atoms with Crippen molar-refractivity contribution in [2.75, 3.05) is 6.01 Å². The summed E-state index contributed by atoms with van der Waals surface area (Å²) >= 11 is 0. The van der Waals surface area contributed by atoms with Crippen molar-refractivity contribution < 1.29 is 17.0 Å². The molecule has 84 valence electrons. The van der Waals surface area contributed by atoms with Crippen LogP contribution >= 0.6 is 0 Å². The molecule has 3 nitrogen and oxygen atoms in total. The predicted molar refractivity (Wildman–Crippen MR) is 59.5 cm³/mol. The van der Waals surface area contributed by atoms with Gasteiger partial charge in [-0.3, -0.25) is 0 Å². The maximum atomic E-state index is 12.1. The molecule has 0 saturated carbocycles. The van der Waals surface area contributed by atoms with Gasteiger partial charge in [-0.1, -0.05) is 36.4 Å². The van der Waals surface area contributed by atoms with Gasteiger partial charge in [-0.15, -0.1) is 0 Å². The number of benzene rings is 2. The van der Waals surface area contributed by atoms with Crippen molar-refractivity contribution in [3.63, 3.8) is 0 Å². The lowest BCUT2D eigenvalue weighted by Crippen LogP contribution is -2.10. The van der Waals surface area contributed by atoms with E-state index in [2.05, 4.69) is 4.18 Å². The van der Waals surface area contributed by atoms with Crippen molar-refractivity contribution in [2.24, 2.45) is 0 Å². The highest BCUT2D eigenvalue weighted by Gasteiger charge is 2.13. The second-order valence-electron chi connectivity index (χ2n) is 3.23. The fraction of sp³-hybridized carbons (Fsp3) is 0.0909. The van der Waals surface area contributed by atoms with Crippen LogP contribution in [0.1, 0.15) is 0 Å². The zero-order chi connectivity index (χ0) is 11.6. The standard InChI is InChI=1S/C11H9FO3S/c12-8-16(13,14)15-11-7-3-5-9-4-1-2-6-10(9)11/h1-7H,8H2. The van der Waals surface area contributed by atoms with Crippen molar-refractivity contribution in [2.45, 2.75) is 0 Å². The molecule has 0 aliphatic carbocycles. The van der Waals surface area contributed by atoms with E-state index >= 15 is 0 Å². The van der Waals surface area contributed by atoms with Crippen molar-refractivity contribution in [3.05, 3.63) is 42.5 Å². The summed E-state index contributed by atoms with van der Waals surface area (Å²) in [6, 6.07) is 10.6. The fourth-order valence-corrected chi connectivity index (χ4v) is 1.89. The fourth-order valence-electron chi connectivity index (χ4n) is 1.43. The normalized spacial score (nSPS) is 11.6. The number of alkyl halides is 1. The molecule has 0 bridgehead atoms. The van der Waals surface area contributed by atoms with E-state index < -0.39 is 16.1 Å². The Balaban J connectivity index is 2.53. The van der Waals surface area contributed by atoms with Crippen LogP contribution in [0.2, 0.25) is 0 Å². The summed E-state index contributed by atoms with van der Waals surface area (Å²) in [5.74, 6) is 0.149. The molecule has 0 aliphatic heterocycles. The van der Waals surface area contributed by atoms with E-state index in [-0.39, 0.29) is 5.75 Å². The second kappa shape index (κ2) is 4.09. The molecule has 0 N–H and O–H groups in total. The molecule has 0 aromatic heterocycles. The molecule has 2 aromatic rings. The van der Waals surface area contributed by atoms with E-state index in [4.69, 9.17) is 0 Å². The maximum absolute atomic E-state index is 12.1. The minimum atomic E-state index is -4.13. The Morgan fingerprint density at radius 1 is 1.06 bits per heavy atom. The van der Waals surface area contributed by atoms with Crippen LogP contribution in [0.3, 0.4) is 0 Å². The summed E-state index contributed by atoms with van der Waals surface area (Å²) in [5, 5.41) is 1.48. The summed E-state index contributed by atoms with van der Waals surface area (Å²) in [4.78, 5) is 0. The van der Waals surface area contributed by atoms with Crippen LogP contribution in [0.5, 0.6) is 5.75 Å². The lowest BCUT2D eigenvalue weighted by Gasteiger charge is -2.06. The number of hydrogen-bond donors (Lipinski definition) is 0. The Bertz CT molecular complexity index is 602. The first kappa shape index (κ1) is 10.9. The van der Waals surface area contributed by atoms with Crippen LogP contribution < -0.4 is 4.18 Å². The molecule has 0 atom stereocenters. The average molecular weight is 240 g/mol. The zero-order valence-electron chi connectivity index (χ0n) is 8.26. The maximum Gasteiger partial charge on any atom is 0.339 e. The van der Waals surface area contributed by atoms with Crippen LogP contribution in [0.25, 0.3) is 10.8 Å². The summed E-state index contributed by atoms with van der Waals surface area (Å²) in [6.45, 7) is 0. The van der Waals surface area contributed by atoms with Gasteiger partial charge in [0.25, 0.3) is 0 Å². The first-order valence-electron chi connectivity index (χ1n) is 4.58. The van der Waals surface area contributed by atoms with Crippen LogP contribution in [0.15, 0.2) is 42.5 Å². The van der Waals surface area contributed by atoms with Crippen LogP contribution in [0, 0.1) is 0 Å². The van der Waals surface area contributed by atoms with Gasteiger partial charge in [0.15, 0.2) is 5.75 Å². The van der Waals surface area contributed by atoms with Gasteiger partial charge in [0, 0.05) is 5.39 Å². The molecule has 2 aromatic carbocycles. The minimum Gasteiger partial charge on any atom is -0.380 e. The number of fused-ring (bicyclic) bond motifs is 1. The average Bonchev–Trinajstić information content (AvgIpc) is 2.29. The zero-order valence-corrected chi connectivity index (χ0v) is 9.08. The smallest absolute Gasteiger partial charge is 0.339 e. The molecule has 0 unspecified atom stereocenters. The van der Waals surface area contributed by atoms with Gasteiger partial charge >= 0.3 is 10.1 Å². The predicted octanol–water partition coefficient (Wildman–Crippen LogP) is 2.48. The van der Waals surface area contributed by atoms with Crippen LogP contribution in [0.4, 0.5) is 4.39 Å². The summed E-state index contributed by atoms with van der Waals surface area (Å²) in [6.07, 6.45) is 0. The summed E-state index contributed by atoms with van der Waals surface area (Å²) in [7, 11) is -4.13. The Kier molecular flexibility index (Phi) is 2.78. The molecule has 0 heterocycles. The highest BCUT2D eigenvalue weighted by Crippen LogP contribution is 2.26. The topological polar surface area (TPSA) is 43.4 Å². The molecule has 0 saturated heterocycles. The summed E-state index contributed by atoms with van der Waals surface area (Å²) in [5.41, 5.74) is 0. The SMILES string of the molecule is O=S(=O)(CF)Oc1cccc2ccccc12. The van der Waals surface area contributed by atoms with Gasteiger partial charge in [-0.25, -0.2) is 4.39 Å². The van der Waals surface area contributed by atoms with Crippen molar-refractivity contribution in [1.29, 1.82) is 0 Å². The van der Waals surface area contributed by atoms with Gasteiger partial charge < -0.3 is 4.18 Å². The Morgan fingerprint density at radius 2 is 1.75 bits per heavy atom. The number of halogens is 1. The van der Waals surface area contributed by atoms with Gasteiger partial charge in [-0.2, -0.15) is 8.42 Å². The molecule has 2 rings (SSSR count). The first-order chi connectivity index (χ1) is 7.62. The third kappa shape index (κ3) is 2.14. The van der Waals surface area contributed by atoms with Gasteiger partial charge in [0.2, 0.25) is 6.01 Å². The van der Waals surface area contributed by atoms with Crippen molar-refractivity contribution >= 4 is 20.9 Å². The van der Waals surface area contributed by atoms with Crippen molar-refractivity contribution in [1.82, 2.24) is 0 Å². The van der Waals surface area contributed by atoms with E-state index in [9.17, 15) is 12.8 Å². The van der Waals surface area contributed by atoms with E-state index in [1.807, 2.05) is 18.2 Å². The third-order valence-corrected chi connectivity index (χ3v) is 2.80. The Labute approximate surface area is 92.6 Å². The lowest BCUT2D eigenvalue weighted by atomic mass is 10.1. The molecule has 0 fully saturated rings. The highest BCUT2D eigenvalue weighted by atomic mass is 32.2. The molecular formula is C11H9FO3S. The van der Waals surface area contributed by atoms with Gasteiger partial charge in [0.05, 0.1) is 0 Å². The minimum absolute atomic E-state index is 0.149. The van der Waals surface area contributed by atoms with Crippen LogP contribution in [-0.2, 0) is 10.1 Å². The molecule has 0 aliphatic rings. The van der Waals surface area contributed by atoms with Crippen molar-refractivity contribution in [3.8, 4) is 5.75 Å². The van der Waals surface area contributed by atoms with E-state index in [1.165, 1.54) is 6.07 Å². The van der Waals surface area contributed by atoms with Crippen LogP contribution in [-0.4, -0.2) is 14.4 Å². The highest BCUT2D eigenvalue weighted by molar-refractivity contribution is 7.86. The second-order valence-corrected chi connectivity index (χ2v) is 4.73. The lowest BCUT2D eigenvalue weighted by molar-refractivity contribution is 0.453. The van der Waals surface area contributed by atoms with E-state index in [1.54, 1.807) is 18.2 Å². The largest absolute Gasteiger partial charge is 0.380 e. The molecule has 0 spiro atoms. The quantitative estimate of drug-likeness (QED) is 0.774. The Morgan fingerprint density at radius 3 is 2.50 bits per heavy atom. The molecule has 16 heavy (non-hydrogen) atoms. The molecular weight excluding hydrogens is 231 g/mol. The van der Waals surface area contributed by atoms with E-state index in [0.717, 1.165) is 5.39 Å². The third-order valence-electron chi connectivity index (χ3n) is 2.10. The monoisotopic (exact) mass is 240 g/mol. The van der Waals surface area contributed by atoms with Gasteiger partial charge in [0.1, 0.15) is 0 Å². The van der Waals surface area contributed by atoms with E-state index in [0.29, 0.717) is 5.39 Å². The first-order valence-corrected chi connectivity index (χ1v) is 6.16.